The van der Waals surface area contributed by atoms with Crippen molar-refractivity contribution < 1.29 is 4.74 Å². The fraction of sp³-hybridized carbons (Fsp3) is 0.280. The molecule has 0 aromatic heterocycles. The van der Waals surface area contributed by atoms with Crippen LogP contribution >= 0.6 is 0 Å². The fourth-order valence-electron chi connectivity index (χ4n) is 4.81. The van der Waals surface area contributed by atoms with Crippen LogP contribution < -0.4 is 0 Å². The highest BCUT2D eigenvalue weighted by atomic mass is 16.5. The lowest BCUT2D eigenvalue weighted by Gasteiger charge is -2.31. The summed E-state index contributed by atoms with van der Waals surface area (Å²) in [7, 11) is 0. The first-order chi connectivity index (χ1) is 12.9. The van der Waals surface area contributed by atoms with Gasteiger partial charge in [0.05, 0.1) is 13.2 Å². The van der Waals surface area contributed by atoms with Crippen molar-refractivity contribution in [3.63, 3.8) is 0 Å². The minimum absolute atomic E-state index is 0.743. The van der Waals surface area contributed by atoms with Gasteiger partial charge in [-0.1, -0.05) is 60.7 Å². The van der Waals surface area contributed by atoms with Gasteiger partial charge in [-0.15, -0.1) is 0 Å². The number of benzene rings is 3. The Labute approximate surface area is 155 Å². The Morgan fingerprint density at radius 2 is 1.04 bits per heavy atom. The standard InChI is InChI=1S/C25H24O/c1-3-9-18(10-4-1)24-20-13-7-8-14-21(20)25(19-11-5-2-6-12-19)23-17-26-16-15-22(23)24/h1-6,9-12H,7-8,13-17H2. The lowest BCUT2D eigenvalue weighted by atomic mass is 9.75. The fourth-order valence-corrected chi connectivity index (χ4v) is 4.81. The minimum atomic E-state index is 0.743. The third-order valence-corrected chi connectivity index (χ3v) is 5.91. The van der Waals surface area contributed by atoms with Crippen LogP contribution in [-0.4, -0.2) is 6.61 Å². The molecule has 1 heterocycles. The highest BCUT2D eigenvalue weighted by Gasteiger charge is 2.28. The Kier molecular flexibility index (Phi) is 4.10. The number of ether oxygens (including phenoxy) is 1. The maximum absolute atomic E-state index is 5.94. The van der Waals surface area contributed by atoms with Crippen LogP contribution in [0.1, 0.15) is 35.1 Å². The Morgan fingerprint density at radius 3 is 1.62 bits per heavy atom. The average Bonchev–Trinajstić information content (AvgIpc) is 2.73. The van der Waals surface area contributed by atoms with Crippen LogP contribution in [0.5, 0.6) is 0 Å². The molecule has 0 bridgehead atoms. The van der Waals surface area contributed by atoms with Crippen LogP contribution in [0.4, 0.5) is 0 Å². The van der Waals surface area contributed by atoms with Crippen LogP contribution in [0.3, 0.4) is 0 Å². The van der Waals surface area contributed by atoms with Gasteiger partial charge >= 0.3 is 0 Å². The van der Waals surface area contributed by atoms with E-state index in [0.717, 1.165) is 19.6 Å². The zero-order chi connectivity index (χ0) is 17.3. The molecule has 1 aliphatic heterocycles. The lowest BCUT2D eigenvalue weighted by Crippen LogP contribution is -2.18. The summed E-state index contributed by atoms with van der Waals surface area (Å²) in [6, 6.07) is 22.0. The van der Waals surface area contributed by atoms with Gasteiger partial charge in [0, 0.05) is 0 Å². The van der Waals surface area contributed by atoms with E-state index in [1.54, 1.807) is 11.1 Å². The summed E-state index contributed by atoms with van der Waals surface area (Å²) >= 11 is 0. The van der Waals surface area contributed by atoms with Gasteiger partial charge in [-0.2, -0.15) is 0 Å². The SMILES string of the molecule is c1ccc(-c2c3c(c(-c4ccccc4)c4c2CCOC4)CCCC3)cc1. The number of rotatable bonds is 2. The average molecular weight is 340 g/mol. The van der Waals surface area contributed by atoms with Gasteiger partial charge in [0.1, 0.15) is 0 Å². The van der Waals surface area contributed by atoms with E-state index < -0.39 is 0 Å². The second-order valence-corrected chi connectivity index (χ2v) is 7.41. The number of hydrogen-bond acceptors (Lipinski definition) is 1. The molecule has 0 fully saturated rings. The Morgan fingerprint density at radius 1 is 0.538 bits per heavy atom. The van der Waals surface area contributed by atoms with Crippen molar-refractivity contribution in [1.29, 1.82) is 0 Å². The molecule has 5 rings (SSSR count). The monoisotopic (exact) mass is 340 g/mol. The minimum Gasteiger partial charge on any atom is -0.376 e. The van der Waals surface area contributed by atoms with Gasteiger partial charge < -0.3 is 4.74 Å². The second-order valence-electron chi connectivity index (χ2n) is 7.41. The van der Waals surface area contributed by atoms with E-state index in [4.69, 9.17) is 4.74 Å². The predicted octanol–water partition coefficient (Wildman–Crippen LogP) is 5.97. The molecule has 26 heavy (non-hydrogen) atoms. The van der Waals surface area contributed by atoms with Crippen molar-refractivity contribution in [2.75, 3.05) is 6.61 Å². The largest absolute Gasteiger partial charge is 0.376 e. The Bertz CT molecular complexity index is 810. The number of fused-ring (bicyclic) bond motifs is 2. The van der Waals surface area contributed by atoms with Crippen LogP contribution in [0.15, 0.2) is 60.7 Å². The van der Waals surface area contributed by atoms with Crippen molar-refractivity contribution in [1.82, 2.24) is 0 Å². The third kappa shape index (κ3) is 2.59. The van der Waals surface area contributed by atoms with E-state index in [-0.39, 0.29) is 0 Å². The maximum atomic E-state index is 5.94. The summed E-state index contributed by atoms with van der Waals surface area (Å²) in [5.41, 5.74) is 11.8. The van der Waals surface area contributed by atoms with E-state index in [9.17, 15) is 0 Å². The first-order valence-corrected chi connectivity index (χ1v) is 9.81. The van der Waals surface area contributed by atoms with Crippen LogP contribution in [0, 0.1) is 0 Å². The molecule has 3 aromatic rings. The Balaban J connectivity index is 1.86. The predicted molar refractivity (Wildman–Crippen MR) is 107 cm³/mol. The first kappa shape index (κ1) is 15.8. The van der Waals surface area contributed by atoms with Gasteiger partial charge in [-0.25, -0.2) is 0 Å². The molecule has 3 aromatic carbocycles. The van der Waals surface area contributed by atoms with Crippen LogP contribution in [0.2, 0.25) is 0 Å². The summed E-state index contributed by atoms with van der Waals surface area (Å²) in [6.45, 7) is 1.58. The van der Waals surface area contributed by atoms with Crippen LogP contribution in [-0.2, 0) is 30.6 Å². The summed E-state index contributed by atoms with van der Waals surface area (Å²) < 4.78 is 5.94. The quantitative estimate of drug-likeness (QED) is 0.558. The molecule has 1 aliphatic carbocycles. The molecule has 0 saturated carbocycles. The molecule has 0 saturated heterocycles. The summed E-state index contributed by atoms with van der Waals surface area (Å²) in [5.74, 6) is 0. The normalized spacial score (nSPS) is 16.0. The van der Waals surface area contributed by atoms with Crippen molar-refractivity contribution in [2.45, 2.75) is 38.7 Å². The molecular formula is C25H24O. The van der Waals surface area contributed by atoms with E-state index in [0.29, 0.717) is 0 Å². The molecular weight excluding hydrogens is 316 g/mol. The molecule has 0 unspecified atom stereocenters. The zero-order valence-corrected chi connectivity index (χ0v) is 15.1. The molecule has 130 valence electrons. The summed E-state index contributed by atoms with van der Waals surface area (Å²) in [5, 5.41) is 0. The maximum Gasteiger partial charge on any atom is 0.0726 e. The molecule has 0 N–H and O–H groups in total. The van der Waals surface area contributed by atoms with Gasteiger partial charge in [-0.3, -0.25) is 0 Å². The molecule has 2 aliphatic rings. The zero-order valence-electron chi connectivity index (χ0n) is 15.1. The molecule has 0 atom stereocenters. The summed E-state index contributed by atoms with van der Waals surface area (Å²) in [4.78, 5) is 0. The molecule has 0 radical (unpaired) electrons. The summed E-state index contributed by atoms with van der Waals surface area (Å²) in [6.07, 6.45) is 6.00. The highest BCUT2D eigenvalue weighted by molar-refractivity contribution is 5.84. The van der Waals surface area contributed by atoms with Gasteiger partial charge in [0.15, 0.2) is 0 Å². The first-order valence-electron chi connectivity index (χ1n) is 9.81. The Hall–Kier alpha value is -2.38. The second kappa shape index (κ2) is 6.74. The van der Waals surface area contributed by atoms with Crippen molar-refractivity contribution in [3.8, 4) is 22.3 Å². The molecule has 0 amide bonds. The van der Waals surface area contributed by atoms with E-state index >= 15 is 0 Å². The van der Waals surface area contributed by atoms with E-state index in [2.05, 4.69) is 60.7 Å². The van der Waals surface area contributed by atoms with Gasteiger partial charge in [0.25, 0.3) is 0 Å². The van der Waals surface area contributed by atoms with Crippen molar-refractivity contribution in [3.05, 3.63) is 82.9 Å². The van der Waals surface area contributed by atoms with Gasteiger partial charge in [-0.05, 0) is 76.6 Å². The topological polar surface area (TPSA) is 9.23 Å². The van der Waals surface area contributed by atoms with Crippen LogP contribution in [0.25, 0.3) is 22.3 Å². The molecule has 0 spiro atoms. The molecule has 1 heteroatoms. The third-order valence-electron chi connectivity index (χ3n) is 5.91. The smallest absolute Gasteiger partial charge is 0.0726 e. The highest BCUT2D eigenvalue weighted by Crippen LogP contribution is 2.44. The lowest BCUT2D eigenvalue weighted by molar-refractivity contribution is 0.111. The van der Waals surface area contributed by atoms with Crippen molar-refractivity contribution in [2.24, 2.45) is 0 Å². The van der Waals surface area contributed by atoms with E-state index in [1.165, 1.54) is 59.1 Å². The van der Waals surface area contributed by atoms with Crippen molar-refractivity contribution >= 4 is 0 Å². The number of hydrogen-bond donors (Lipinski definition) is 0. The van der Waals surface area contributed by atoms with E-state index in [1.807, 2.05) is 0 Å². The molecule has 1 nitrogen and oxygen atoms in total. The van der Waals surface area contributed by atoms with Gasteiger partial charge in [0.2, 0.25) is 0 Å².